The molecule has 3 aliphatic rings. The lowest BCUT2D eigenvalue weighted by molar-refractivity contribution is -0.384. The van der Waals surface area contributed by atoms with Crippen LogP contribution in [0.1, 0.15) is 17.7 Å². The number of aryl methyl sites for hydroxylation is 1. The van der Waals surface area contributed by atoms with Crippen molar-refractivity contribution in [2.24, 2.45) is 0 Å². The Bertz CT molecular complexity index is 752. The van der Waals surface area contributed by atoms with Crippen molar-refractivity contribution in [3.8, 4) is 0 Å². The van der Waals surface area contributed by atoms with E-state index in [1.807, 2.05) is 25.1 Å². The van der Waals surface area contributed by atoms with Crippen LogP contribution in [-0.2, 0) is 6.54 Å². The number of benzene rings is 1. The number of piperazine rings is 1. The molecule has 4 heterocycles. The highest BCUT2D eigenvalue weighted by Gasteiger charge is 2.44. The zero-order valence-electron chi connectivity index (χ0n) is 13.5. The zero-order valence-corrected chi connectivity index (χ0v) is 13.5. The number of hydrogen-bond acceptors (Lipinski definition) is 6. The molecule has 5 rings (SSSR count). The maximum atomic E-state index is 10.7. The standard InChI is InChI=1S/C17H19N5O2/c1-12-6-17(19-11-18-12)20-9-15-7-16(10-20)21(15)8-13-2-4-14(5-3-13)22(23)24/h2-6,11,15-16H,7-10H2,1H3. The van der Waals surface area contributed by atoms with Gasteiger partial charge in [0.15, 0.2) is 0 Å². The molecule has 7 heteroatoms. The number of nitro benzene ring substituents is 1. The topological polar surface area (TPSA) is 75.4 Å². The first-order valence-electron chi connectivity index (χ1n) is 8.13. The maximum Gasteiger partial charge on any atom is 0.269 e. The average molecular weight is 325 g/mol. The van der Waals surface area contributed by atoms with Gasteiger partial charge in [-0.05, 0) is 18.9 Å². The molecule has 2 bridgehead atoms. The molecule has 24 heavy (non-hydrogen) atoms. The van der Waals surface area contributed by atoms with Crippen LogP contribution in [0.25, 0.3) is 0 Å². The van der Waals surface area contributed by atoms with Gasteiger partial charge in [0.25, 0.3) is 5.69 Å². The minimum atomic E-state index is -0.357. The molecule has 0 spiro atoms. The van der Waals surface area contributed by atoms with Gasteiger partial charge >= 0.3 is 0 Å². The van der Waals surface area contributed by atoms with Crippen molar-refractivity contribution >= 4 is 11.5 Å². The third-order valence-electron chi connectivity index (χ3n) is 4.97. The van der Waals surface area contributed by atoms with Crippen LogP contribution in [0.5, 0.6) is 0 Å². The van der Waals surface area contributed by atoms with Gasteiger partial charge in [-0.3, -0.25) is 15.0 Å². The summed E-state index contributed by atoms with van der Waals surface area (Å²) < 4.78 is 0. The number of hydrogen-bond donors (Lipinski definition) is 0. The van der Waals surface area contributed by atoms with E-state index in [0.717, 1.165) is 36.7 Å². The van der Waals surface area contributed by atoms with Crippen LogP contribution in [0.2, 0.25) is 0 Å². The van der Waals surface area contributed by atoms with Crippen LogP contribution in [0, 0.1) is 17.0 Å². The third-order valence-corrected chi connectivity index (χ3v) is 4.97. The predicted octanol–water partition coefficient (Wildman–Crippen LogP) is 2.16. The largest absolute Gasteiger partial charge is 0.353 e. The quantitative estimate of drug-likeness (QED) is 0.633. The molecule has 3 fully saturated rings. The minimum absolute atomic E-state index is 0.146. The first kappa shape index (κ1) is 15.0. The number of nitro groups is 1. The summed E-state index contributed by atoms with van der Waals surface area (Å²) in [6, 6.07) is 9.96. The smallest absolute Gasteiger partial charge is 0.269 e. The molecular formula is C17H19N5O2. The van der Waals surface area contributed by atoms with E-state index in [9.17, 15) is 10.1 Å². The molecule has 2 atom stereocenters. The fourth-order valence-corrected chi connectivity index (χ4v) is 3.68. The molecule has 3 saturated heterocycles. The summed E-state index contributed by atoms with van der Waals surface area (Å²) in [6.45, 7) is 4.78. The van der Waals surface area contributed by atoms with E-state index in [4.69, 9.17) is 0 Å². The second kappa shape index (κ2) is 5.83. The van der Waals surface area contributed by atoms with Crippen molar-refractivity contribution < 1.29 is 4.92 Å². The maximum absolute atomic E-state index is 10.7. The van der Waals surface area contributed by atoms with E-state index in [0.29, 0.717) is 12.1 Å². The van der Waals surface area contributed by atoms with Crippen molar-refractivity contribution in [3.05, 3.63) is 58.0 Å². The van der Waals surface area contributed by atoms with Crippen LogP contribution in [0.15, 0.2) is 36.7 Å². The van der Waals surface area contributed by atoms with E-state index in [2.05, 4.69) is 19.8 Å². The zero-order chi connectivity index (χ0) is 16.7. The number of aromatic nitrogens is 2. The number of rotatable bonds is 4. The van der Waals surface area contributed by atoms with Crippen molar-refractivity contribution in [2.45, 2.75) is 32.0 Å². The summed E-state index contributed by atoms with van der Waals surface area (Å²) in [5, 5.41) is 10.7. The highest BCUT2D eigenvalue weighted by molar-refractivity contribution is 5.41. The molecule has 1 aromatic carbocycles. The monoisotopic (exact) mass is 325 g/mol. The van der Waals surface area contributed by atoms with Crippen LogP contribution in [-0.4, -0.2) is 45.0 Å². The van der Waals surface area contributed by atoms with Crippen LogP contribution < -0.4 is 4.90 Å². The lowest BCUT2D eigenvalue weighted by Crippen LogP contribution is -2.68. The highest BCUT2D eigenvalue weighted by atomic mass is 16.6. The Morgan fingerprint density at radius 3 is 2.54 bits per heavy atom. The van der Waals surface area contributed by atoms with Gasteiger partial charge in [0.2, 0.25) is 0 Å². The Hall–Kier alpha value is -2.54. The molecular weight excluding hydrogens is 306 g/mol. The Kier molecular flexibility index (Phi) is 3.65. The molecule has 3 aliphatic heterocycles. The first-order valence-corrected chi connectivity index (χ1v) is 8.13. The normalized spacial score (nSPS) is 23.0. The number of non-ortho nitro benzene ring substituents is 1. The summed E-state index contributed by atoms with van der Waals surface area (Å²) in [5.74, 6) is 1.01. The molecule has 2 aromatic rings. The molecule has 0 N–H and O–H groups in total. The van der Waals surface area contributed by atoms with E-state index in [1.165, 1.54) is 6.42 Å². The molecule has 0 radical (unpaired) electrons. The molecule has 124 valence electrons. The Balaban J connectivity index is 1.41. The van der Waals surface area contributed by atoms with Crippen LogP contribution in [0.3, 0.4) is 0 Å². The number of piperidine rings is 1. The van der Waals surface area contributed by atoms with Crippen LogP contribution >= 0.6 is 0 Å². The predicted molar refractivity (Wildman–Crippen MR) is 89.8 cm³/mol. The number of anilines is 1. The molecule has 0 aliphatic carbocycles. The molecule has 0 saturated carbocycles. The summed E-state index contributed by atoms with van der Waals surface area (Å²) in [4.78, 5) is 23.7. The first-order chi connectivity index (χ1) is 11.6. The SMILES string of the molecule is Cc1cc(N2CC3CC(C2)N3Cc2ccc([N+](=O)[O-])cc2)ncn1. The van der Waals surface area contributed by atoms with Gasteiger partial charge in [0.05, 0.1) is 4.92 Å². The van der Waals surface area contributed by atoms with E-state index in [-0.39, 0.29) is 10.6 Å². The summed E-state index contributed by atoms with van der Waals surface area (Å²) in [5.41, 5.74) is 2.26. The van der Waals surface area contributed by atoms with E-state index in [1.54, 1.807) is 18.5 Å². The average Bonchev–Trinajstić information content (AvgIpc) is 2.60. The fraction of sp³-hybridized carbons (Fsp3) is 0.412. The van der Waals surface area contributed by atoms with Gasteiger partial charge in [-0.2, -0.15) is 0 Å². The highest BCUT2D eigenvalue weighted by Crippen LogP contribution is 2.35. The molecule has 2 unspecified atom stereocenters. The van der Waals surface area contributed by atoms with Gasteiger partial charge in [0.1, 0.15) is 12.1 Å². The second-order valence-corrected chi connectivity index (χ2v) is 6.56. The van der Waals surface area contributed by atoms with Gasteiger partial charge in [0, 0.05) is 55.6 Å². The molecule has 1 aromatic heterocycles. The van der Waals surface area contributed by atoms with Gasteiger partial charge in [-0.25, -0.2) is 9.97 Å². The Morgan fingerprint density at radius 2 is 1.92 bits per heavy atom. The van der Waals surface area contributed by atoms with Crippen molar-refractivity contribution in [2.75, 3.05) is 18.0 Å². The molecule has 0 amide bonds. The lowest BCUT2D eigenvalue weighted by atomic mass is 9.86. The summed E-state index contributed by atoms with van der Waals surface area (Å²) >= 11 is 0. The second-order valence-electron chi connectivity index (χ2n) is 6.56. The van der Waals surface area contributed by atoms with Crippen LogP contribution in [0.4, 0.5) is 11.5 Å². The fourth-order valence-electron chi connectivity index (χ4n) is 3.68. The van der Waals surface area contributed by atoms with Gasteiger partial charge < -0.3 is 4.90 Å². The Morgan fingerprint density at radius 1 is 1.21 bits per heavy atom. The van der Waals surface area contributed by atoms with Crippen molar-refractivity contribution in [1.82, 2.24) is 14.9 Å². The van der Waals surface area contributed by atoms with Gasteiger partial charge in [-0.15, -0.1) is 0 Å². The summed E-state index contributed by atoms with van der Waals surface area (Å²) in [6.07, 6.45) is 2.84. The number of fused-ring (bicyclic) bond motifs is 2. The lowest BCUT2D eigenvalue weighted by Gasteiger charge is -2.56. The van der Waals surface area contributed by atoms with Gasteiger partial charge in [-0.1, -0.05) is 12.1 Å². The van der Waals surface area contributed by atoms with Crippen molar-refractivity contribution in [1.29, 1.82) is 0 Å². The Labute approximate surface area is 140 Å². The number of nitrogens with zero attached hydrogens (tertiary/aromatic N) is 5. The van der Waals surface area contributed by atoms with E-state index >= 15 is 0 Å². The molecule has 7 nitrogen and oxygen atoms in total. The summed E-state index contributed by atoms with van der Waals surface area (Å²) in [7, 11) is 0. The third kappa shape index (κ3) is 2.71. The van der Waals surface area contributed by atoms with E-state index < -0.39 is 0 Å². The van der Waals surface area contributed by atoms with Crippen molar-refractivity contribution in [3.63, 3.8) is 0 Å². The minimum Gasteiger partial charge on any atom is -0.353 e.